The number of hydrogen-bond donors (Lipinski definition) is 1. The van der Waals surface area contributed by atoms with E-state index in [9.17, 15) is 13.6 Å². The summed E-state index contributed by atoms with van der Waals surface area (Å²) in [5.74, 6) is -1.43. The van der Waals surface area contributed by atoms with Crippen molar-refractivity contribution in [3.63, 3.8) is 0 Å². The minimum atomic E-state index is -0.698. The van der Waals surface area contributed by atoms with E-state index in [1.165, 1.54) is 18.2 Å². The third kappa shape index (κ3) is 4.16. The van der Waals surface area contributed by atoms with E-state index in [0.717, 1.165) is 13.2 Å². The summed E-state index contributed by atoms with van der Waals surface area (Å²) in [5, 5.41) is 7.00. The first-order chi connectivity index (χ1) is 12.5. The van der Waals surface area contributed by atoms with Gasteiger partial charge >= 0.3 is 5.97 Å². The second-order valence-corrected chi connectivity index (χ2v) is 5.80. The number of ether oxygens (including phenoxy) is 2. The minimum Gasteiger partial charge on any atom is -0.477 e. The van der Waals surface area contributed by atoms with Crippen molar-refractivity contribution in [2.45, 2.75) is 20.3 Å². The van der Waals surface area contributed by atoms with Gasteiger partial charge in [-0.25, -0.2) is 18.6 Å². The van der Waals surface area contributed by atoms with E-state index < -0.39 is 17.6 Å². The molecule has 2 heterocycles. The van der Waals surface area contributed by atoms with Crippen molar-refractivity contribution in [1.82, 2.24) is 4.98 Å². The van der Waals surface area contributed by atoms with E-state index in [0.29, 0.717) is 30.0 Å². The maximum Gasteiger partial charge on any atom is 0.357 e. The number of aliphatic hydroxyl groups excluding tert-OH is 1. The fourth-order valence-electron chi connectivity index (χ4n) is 2.75. The highest BCUT2D eigenvalue weighted by Crippen LogP contribution is 2.36. The Balaban J connectivity index is 0.00000117. The second kappa shape index (κ2) is 8.71. The highest BCUT2D eigenvalue weighted by molar-refractivity contribution is 5.90. The van der Waals surface area contributed by atoms with Gasteiger partial charge in [0.05, 0.1) is 13.2 Å². The van der Waals surface area contributed by atoms with Crippen molar-refractivity contribution in [1.29, 1.82) is 0 Å². The molecule has 140 valence electrons. The number of benzene rings is 1. The highest BCUT2D eigenvalue weighted by Gasteiger charge is 2.26. The van der Waals surface area contributed by atoms with Crippen LogP contribution < -0.4 is 4.74 Å². The highest BCUT2D eigenvalue weighted by atomic mass is 19.1. The zero-order valence-corrected chi connectivity index (χ0v) is 14.9. The van der Waals surface area contributed by atoms with Crippen LogP contribution in [0.1, 0.15) is 29.9 Å². The molecule has 1 atom stereocenters. The number of aliphatic hydroxyl groups is 1. The van der Waals surface area contributed by atoms with Crippen molar-refractivity contribution in [2.24, 2.45) is 5.92 Å². The molecular weight excluding hydrogens is 344 g/mol. The number of hydrogen-bond acceptors (Lipinski definition) is 5. The lowest BCUT2D eigenvalue weighted by Gasteiger charge is -2.24. The lowest BCUT2D eigenvalue weighted by Crippen LogP contribution is -2.21. The normalized spacial score (nSPS) is 15.2. The molecule has 0 fully saturated rings. The van der Waals surface area contributed by atoms with Gasteiger partial charge in [0.25, 0.3) is 0 Å². The predicted molar refractivity (Wildman–Crippen MR) is 92.1 cm³/mol. The van der Waals surface area contributed by atoms with Gasteiger partial charge in [-0.3, -0.25) is 0 Å². The topological polar surface area (TPSA) is 68.7 Å². The third-order valence-electron chi connectivity index (χ3n) is 3.85. The second-order valence-electron chi connectivity index (χ2n) is 5.80. The van der Waals surface area contributed by atoms with Crippen LogP contribution in [0.15, 0.2) is 24.3 Å². The molecule has 1 aromatic carbocycles. The average molecular weight is 365 g/mol. The van der Waals surface area contributed by atoms with Crippen LogP contribution in [0.3, 0.4) is 0 Å². The van der Waals surface area contributed by atoms with Gasteiger partial charge in [0.1, 0.15) is 11.6 Å². The summed E-state index contributed by atoms with van der Waals surface area (Å²) in [6.07, 6.45) is 0.636. The Morgan fingerprint density at radius 3 is 2.69 bits per heavy atom. The van der Waals surface area contributed by atoms with Gasteiger partial charge in [-0.2, -0.15) is 0 Å². The van der Waals surface area contributed by atoms with Crippen molar-refractivity contribution < 1.29 is 28.2 Å². The monoisotopic (exact) mass is 365 g/mol. The molecule has 1 aliphatic rings. The van der Waals surface area contributed by atoms with Crippen LogP contribution in [0.2, 0.25) is 0 Å². The molecule has 1 N–H and O–H groups in total. The van der Waals surface area contributed by atoms with Crippen molar-refractivity contribution in [3.8, 4) is 17.0 Å². The van der Waals surface area contributed by atoms with Crippen molar-refractivity contribution in [2.75, 3.05) is 20.3 Å². The Morgan fingerprint density at radius 2 is 2.04 bits per heavy atom. The predicted octanol–water partition coefficient (Wildman–Crippen LogP) is 3.38. The van der Waals surface area contributed by atoms with Crippen molar-refractivity contribution in [3.05, 3.63) is 47.2 Å². The minimum absolute atomic E-state index is 0.0453. The van der Waals surface area contributed by atoms with Gasteiger partial charge in [-0.1, -0.05) is 6.92 Å². The summed E-state index contributed by atoms with van der Waals surface area (Å²) in [7, 11) is 1.00. The lowest BCUT2D eigenvalue weighted by atomic mass is 9.92. The lowest BCUT2D eigenvalue weighted by molar-refractivity contribution is 0.0517. The summed E-state index contributed by atoms with van der Waals surface area (Å²) in [5.41, 5.74) is 1.45. The molecule has 5 nitrogen and oxygen atoms in total. The zero-order chi connectivity index (χ0) is 19.3. The molecule has 7 heteroatoms. The number of carbonyl (C=O) groups excluding carboxylic acids is 1. The number of pyridine rings is 1. The van der Waals surface area contributed by atoms with E-state index in [1.54, 1.807) is 6.92 Å². The molecule has 0 aliphatic carbocycles. The first-order valence-electron chi connectivity index (χ1n) is 8.23. The Labute approximate surface area is 150 Å². The van der Waals surface area contributed by atoms with E-state index in [4.69, 9.17) is 14.6 Å². The maximum atomic E-state index is 14.3. The molecule has 3 rings (SSSR count). The Hall–Kier alpha value is -2.54. The third-order valence-corrected chi connectivity index (χ3v) is 3.85. The zero-order valence-electron chi connectivity index (χ0n) is 14.9. The van der Waals surface area contributed by atoms with Gasteiger partial charge < -0.3 is 14.6 Å². The van der Waals surface area contributed by atoms with Gasteiger partial charge in [-0.05, 0) is 43.0 Å². The largest absolute Gasteiger partial charge is 0.477 e. The summed E-state index contributed by atoms with van der Waals surface area (Å²) in [6.45, 7) is 4.37. The van der Waals surface area contributed by atoms with Gasteiger partial charge in [0.2, 0.25) is 5.88 Å². The fraction of sp³-hybridized carbons (Fsp3) is 0.368. The number of fused-ring (bicyclic) bond motifs is 1. The molecule has 0 unspecified atom stereocenters. The van der Waals surface area contributed by atoms with Crippen molar-refractivity contribution >= 4 is 5.97 Å². The standard InChI is InChI=1S/C18H17F2NO3.CH4O/c1-3-23-18(22)16-8-13(12-5-4-11(19)7-15(12)20)14-6-10(2)9-24-17(14)21-16;1-2/h4-5,7-8,10H,3,6,9H2,1-2H3;2H,1H3/t10-;/m1./s1. The Bertz CT molecular complexity index is 795. The first kappa shape index (κ1) is 19.8. The van der Waals surface area contributed by atoms with Crippen LogP contribution in [0.5, 0.6) is 5.88 Å². The van der Waals surface area contributed by atoms with Crippen LogP contribution >= 0.6 is 0 Å². The number of halogens is 2. The van der Waals surface area contributed by atoms with E-state index >= 15 is 0 Å². The van der Waals surface area contributed by atoms with Gasteiger partial charge in [0, 0.05) is 24.3 Å². The molecule has 2 aromatic rings. The van der Waals surface area contributed by atoms with E-state index in [-0.39, 0.29) is 23.8 Å². The average Bonchev–Trinajstić information content (AvgIpc) is 2.63. The molecule has 0 radical (unpaired) electrons. The Morgan fingerprint density at radius 1 is 1.31 bits per heavy atom. The molecule has 0 spiro atoms. The summed E-state index contributed by atoms with van der Waals surface area (Å²) >= 11 is 0. The molecule has 26 heavy (non-hydrogen) atoms. The van der Waals surface area contributed by atoms with E-state index in [1.807, 2.05) is 6.92 Å². The number of esters is 1. The molecular formula is C19H21F2NO4. The van der Waals surface area contributed by atoms with Crippen LogP contribution in [-0.2, 0) is 11.2 Å². The Kier molecular flexibility index (Phi) is 6.63. The number of carbonyl (C=O) groups is 1. The maximum absolute atomic E-state index is 14.3. The SMILES string of the molecule is CCOC(=O)c1cc(-c2ccc(F)cc2F)c2c(n1)OC[C@H](C)C2.CO. The molecule has 0 bridgehead atoms. The first-order valence-corrected chi connectivity index (χ1v) is 8.23. The van der Waals surface area contributed by atoms with Crippen LogP contribution in [0.4, 0.5) is 8.78 Å². The molecule has 1 aromatic heterocycles. The summed E-state index contributed by atoms with van der Waals surface area (Å²) in [6, 6.07) is 4.84. The molecule has 0 amide bonds. The van der Waals surface area contributed by atoms with E-state index in [2.05, 4.69) is 4.98 Å². The summed E-state index contributed by atoms with van der Waals surface area (Å²) in [4.78, 5) is 16.2. The van der Waals surface area contributed by atoms with Crippen LogP contribution in [0.25, 0.3) is 11.1 Å². The fourth-order valence-corrected chi connectivity index (χ4v) is 2.75. The van der Waals surface area contributed by atoms with Gasteiger partial charge in [-0.15, -0.1) is 0 Å². The van der Waals surface area contributed by atoms with Crippen LogP contribution in [0, 0.1) is 17.6 Å². The molecule has 1 aliphatic heterocycles. The molecule has 0 saturated carbocycles. The van der Waals surface area contributed by atoms with Gasteiger partial charge in [0.15, 0.2) is 5.69 Å². The smallest absolute Gasteiger partial charge is 0.357 e. The summed E-state index contributed by atoms with van der Waals surface area (Å²) < 4.78 is 38.1. The molecule has 0 saturated heterocycles. The number of rotatable bonds is 3. The quantitative estimate of drug-likeness (QED) is 0.845. The van der Waals surface area contributed by atoms with Crippen LogP contribution in [-0.4, -0.2) is 36.4 Å². The number of nitrogens with zero attached hydrogens (tertiary/aromatic N) is 1. The number of aromatic nitrogens is 1.